The predicted molar refractivity (Wildman–Crippen MR) is 62.4 cm³/mol. The molecule has 1 fully saturated rings. The first-order chi connectivity index (χ1) is 7.56. The number of cyclic esters (lactones) is 2. The Balaban J connectivity index is 2.29. The molecular weight excluding hydrogens is 328 g/mol. The number of benzene rings is 1. The monoisotopic (exact) mass is 335 g/mol. The van der Waals surface area contributed by atoms with Gasteiger partial charge in [-0.15, -0.1) is 0 Å². The molecule has 0 saturated carbocycles. The van der Waals surface area contributed by atoms with E-state index in [-0.39, 0.29) is 18.9 Å². The quantitative estimate of drug-likeness (QED) is 0.441. The number of nitrogens with zero attached hydrogens (tertiary/aromatic N) is 1. The van der Waals surface area contributed by atoms with Crippen molar-refractivity contribution >= 4 is 40.2 Å². The Morgan fingerprint density at radius 3 is 2.44 bits per heavy atom. The van der Waals surface area contributed by atoms with Crippen molar-refractivity contribution in [1.29, 1.82) is 0 Å². The van der Waals surface area contributed by atoms with Gasteiger partial charge in [-0.2, -0.15) is 0 Å². The van der Waals surface area contributed by atoms with E-state index in [2.05, 4.69) is 4.74 Å². The van der Waals surface area contributed by atoms with E-state index in [0.717, 1.165) is 0 Å². The van der Waals surface area contributed by atoms with Gasteiger partial charge in [0.05, 0.1) is 5.69 Å². The van der Waals surface area contributed by atoms with Crippen LogP contribution in [-0.2, 0) is 14.3 Å². The highest BCUT2D eigenvalue weighted by molar-refractivity contribution is 14.1. The lowest BCUT2D eigenvalue weighted by Crippen LogP contribution is -2.43. The van der Waals surface area contributed by atoms with Crippen LogP contribution in [0.2, 0.25) is 0 Å². The molecule has 0 amide bonds. The predicted octanol–water partition coefficient (Wildman–Crippen LogP) is 1.32. The molecule has 0 radical (unpaired) electrons. The maximum absolute atomic E-state index is 12.9. The fourth-order valence-electron chi connectivity index (χ4n) is 1.47. The van der Waals surface area contributed by atoms with Gasteiger partial charge in [-0.1, -0.05) is 0 Å². The summed E-state index contributed by atoms with van der Waals surface area (Å²) in [5, 5.41) is 0. The summed E-state index contributed by atoms with van der Waals surface area (Å²) < 4.78 is 17.9. The van der Waals surface area contributed by atoms with Gasteiger partial charge in [0.15, 0.2) is 0 Å². The number of rotatable bonds is 1. The second kappa shape index (κ2) is 4.36. The fraction of sp³-hybridized carbons (Fsp3) is 0.200. The number of hydrogen-bond acceptors (Lipinski definition) is 4. The molecule has 0 bridgehead atoms. The van der Waals surface area contributed by atoms with Crippen LogP contribution in [0.3, 0.4) is 0 Å². The number of anilines is 1. The first-order valence-corrected chi connectivity index (χ1v) is 5.57. The van der Waals surface area contributed by atoms with Crippen LogP contribution in [0.15, 0.2) is 18.2 Å². The SMILES string of the molecule is O=C1CN(c2ccc(F)cc2I)CC(=O)O1. The van der Waals surface area contributed by atoms with Gasteiger partial charge in [-0.3, -0.25) is 0 Å². The van der Waals surface area contributed by atoms with E-state index in [1.807, 2.05) is 22.6 Å². The van der Waals surface area contributed by atoms with Crippen molar-refractivity contribution in [3.8, 4) is 0 Å². The highest BCUT2D eigenvalue weighted by atomic mass is 127. The molecule has 0 spiro atoms. The van der Waals surface area contributed by atoms with E-state index in [1.165, 1.54) is 12.1 Å². The molecule has 0 unspecified atom stereocenters. The molecule has 0 aliphatic carbocycles. The Morgan fingerprint density at radius 2 is 1.88 bits per heavy atom. The molecule has 2 rings (SSSR count). The van der Waals surface area contributed by atoms with Crippen molar-refractivity contribution in [2.24, 2.45) is 0 Å². The number of halogens is 2. The van der Waals surface area contributed by atoms with Gasteiger partial charge in [-0.25, -0.2) is 14.0 Å². The number of carbonyl (C=O) groups is 2. The first kappa shape index (κ1) is 11.3. The lowest BCUT2D eigenvalue weighted by Gasteiger charge is -2.27. The minimum absolute atomic E-state index is 0.00732. The van der Waals surface area contributed by atoms with Crippen LogP contribution in [0.5, 0.6) is 0 Å². The van der Waals surface area contributed by atoms with Crippen LogP contribution < -0.4 is 4.90 Å². The topological polar surface area (TPSA) is 46.6 Å². The number of hydrogen-bond donors (Lipinski definition) is 0. The first-order valence-electron chi connectivity index (χ1n) is 4.50. The van der Waals surface area contributed by atoms with Crippen LogP contribution in [0.4, 0.5) is 10.1 Å². The highest BCUT2D eigenvalue weighted by Gasteiger charge is 2.26. The van der Waals surface area contributed by atoms with Crippen molar-refractivity contribution in [3.63, 3.8) is 0 Å². The zero-order valence-corrected chi connectivity index (χ0v) is 10.2. The Hall–Kier alpha value is -1.18. The lowest BCUT2D eigenvalue weighted by molar-refractivity contribution is -0.160. The third-order valence-corrected chi connectivity index (χ3v) is 2.98. The molecule has 0 N–H and O–H groups in total. The summed E-state index contributed by atoms with van der Waals surface area (Å²) in [4.78, 5) is 23.7. The van der Waals surface area contributed by atoms with E-state index in [1.54, 1.807) is 11.0 Å². The molecule has 0 atom stereocenters. The average Bonchev–Trinajstić information content (AvgIpc) is 2.15. The van der Waals surface area contributed by atoms with Gasteiger partial charge < -0.3 is 9.64 Å². The smallest absolute Gasteiger partial charge is 0.333 e. The Bertz CT molecular complexity index is 447. The fourth-order valence-corrected chi connectivity index (χ4v) is 2.29. The van der Waals surface area contributed by atoms with E-state index < -0.39 is 11.9 Å². The Kier molecular flexibility index (Phi) is 3.08. The molecule has 0 aromatic heterocycles. The van der Waals surface area contributed by atoms with Crippen LogP contribution in [0.1, 0.15) is 0 Å². The normalized spacial score (nSPS) is 16.2. The average molecular weight is 335 g/mol. The number of ether oxygens (including phenoxy) is 1. The van der Waals surface area contributed by atoms with Gasteiger partial charge >= 0.3 is 11.9 Å². The molecule has 1 saturated heterocycles. The minimum atomic E-state index is -0.587. The zero-order chi connectivity index (χ0) is 11.7. The maximum Gasteiger partial charge on any atom is 0.333 e. The Morgan fingerprint density at radius 1 is 1.25 bits per heavy atom. The molecule has 6 heteroatoms. The van der Waals surface area contributed by atoms with E-state index >= 15 is 0 Å². The van der Waals surface area contributed by atoms with E-state index in [0.29, 0.717) is 9.26 Å². The minimum Gasteiger partial charge on any atom is -0.390 e. The van der Waals surface area contributed by atoms with Crippen LogP contribution in [0.25, 0.3) is 0 Å². The molecule has 16 heavy (non-hydrogen) atoms. The molecular formula is C10H7FINO3. The molecule has 84 valence electrons. The molecule has 1 heterocycles. The second-order valence-corrected chi connectivity index (χ2v) is 4.46. The van der Waals surface area contributed by atoms with Gasteiger partial charge in [0.1, 0.15) is 18.9 Å². The van der Waals surface area contributed by atoms with E-state index in [4.69, 9.17) is 0 Å². The van der Waals surface area contributed by atoms with E-state index in [9.17, 15) is 14.0 Å². The highest BCUT2D eigenvalue weighted by Crippen LogP contribution is 2.24. The summed E-state index contributed by atoms with van der Waals surface area (Å²) in [5.41, 5.74) is 0.659. The zero-order valence-electron chi connectivity index (χ0n) is 8.07. The summed E-state index contributed by atoms with van der Waals surface area (Å²) in [7, 11) is 0. The van der Waals surface area contributed by atoms with Crippen LogP contribution >= 0.6 is 22.6 Å². The summed E-state index contributed by atoms with van der Waals surface area (Å²) >= 11 is 1.96. The molecule has 4 nitrogen and oxygen atoms in total. The Labute approximate surface area is 105 Å². The largest absolute Gasteiger partial charge is 0.390 e. The van der Waals surface area contributed by atoms with Crippen molar-refractivity contribution < 1.29 is 18.7 Å². The van der Waals surface area contributed by atoms with Crippen LogP contribution in [0, 0.1) is 9.39 Å². The summed E-state index contributed by atoms with van der Waals surface area (Å²) in [5.74, 6) is -1.52. The van der Waals surface area contributed by atoms with Gasteiger partial charge in [0.2, 0.25) is 0 Å². The standard InChI is InChI=1S/C10H7FINO3/c11-6-1-2-8(7(12)3-6)13-4-9(14)16-10(15)5-13/h1-3H,4-5H2. The third-order valence-electron chi connectivity index (χ3n) is 2.12. The van der Waals surface area contributed by atoms with Gasteiger partial charge in [0, 0.05) is 3.57 Å². The van der Waals surface area contributed by atoms with Crippen LogP contribution in [-0.4, -0.2) is 25.0 Å². The molecule has 1 aromatic rings. The number of morpholine rings is 1. The van der Waals surface area contributed by atoms with Crippen molar-refractivity contribution in [3.05, 3.63) is 27.6 Å². The third kappa shape index (κ3) is 2.31. The van der Waals surface area contributed by atoms with Gasteiger partial charge in [-0.05, 0) is 40.8 Å². The van der Waals surface area contributed by atoms with Crippen molar-refractivity contribution in [2.45, 2.75) is 0 Å². The van der Waals surface area contributed by atoms with Crippen molar-refractivity contribution in [2.75, 3.05) is 18.0 Å². The molecule has 1 aliphatic rings. The van der Waals surface area contributed by atoms with Crippen molar-refractivity contribution in [1.82, 2.24) is 0 Å². The lowest BCUT2D eigenvalue weighted by atomic mass is 10.2. The number of esters is 2. The number of carbonyl (C=O) groups excluding carboxylic acids is 2. The second-order valence-electron chi connectivity index (χ2n) is 3.30. The summed E-state index contributed by atoms with van der Waals surface area (Å²) in [6, 6.07) is 4.19. The molecule has 1 aliphatic heterocycles. The molecule has 1 aromatic carbocycles. The summed E-state index contributed by atoms with van der Waals surface area (Å²) in [6.45, 7) is 0.0146. The maximum atomic E-state index is 12.9. The summed E-state index contributed by atoms with van der Waals surface area (Å²) in [6.07, 6.45) is 0. The van der Waals surface area contributed by atoms with Gasteiger partial charge in [0.25, 0.3) is 0 Å².